The summed E-state index contributed by atoms with van der Waals surface area (Å²) in [6, 6.07) is 6.97. The number of hydrogen-bond acceptors (Lipinski definition) is 6. The van der Waals surface area contributed by atoms with Crippen molar-refractivity contribution in [1.29, 1.82) is 0 Å². The number of likely N-dealkylation sites (tertiary alicyclic amines) is 1. The van der Waals surface area contributed by atoms with E-state index >= 15 is 0 Å². The Morgan fingerprint density at radius 2 is 1.95 bits per heavy atom. The second-order valence-electron chi connectivity index (χ2n) is 9.49. The number of carboxylic acid groups (broad SMARTS) is 1. The molecule has 7 nitrogen and oxygen atoms in total. The molecular formula is C27H26ClF3N2O5S. The van der Waals surface area contributed by atoms with E-state index in [1.54, 1.807) is 0 Å². The lowest BCUT2D eigenvalue weighted by atomic mass is 9.98. The molecule has 39 heavy (non-hydrogen) atoms. The van der Waals surface area contributed by atoms with Crippen molar-refractivity contribution >= 4 is 46.0 Å². The minimum Gasteiger partial charge on any atom is -0.507 e. The zero-order valence-corrected chi connectivity index (χ0v) is 22.3. The maximum Gasteiger partial charge on any atom is 0.416 e. The van der Waals surface area contributed by atoms with Gasteiger partial charge in [0.2, 0.25) is 0 Å². The summed E-state index contributed by atoms with van der Waals surface area (Å²) >= 11 is 7.00. The van der Waals surface area contributed by atoms with Crippen molar-refractivity contribution in [3.8, 4) is 16.9 Å². The zero-order valence-electron chi connectivity index (χ0n) is 20.7. The van der Waals surface area contributed by atoms with E-state index < -0.39 is 29.2 Å². The Labute approximate surface area is 231 Å². The van der Waals surface area contributed by atoms with Crippen molar-refractivity contribution in [3.63, 3.8) is 0 Å². The second-order valence-corrected chi connectivity index (χ2v) is 10.9. The number of carbonyl (C=O) groups is 2. The van der Waals surface area contributed by atoms with Crippen LogP contribution in [0.2, 0.25) is 5.02 Å². The van der Waals surface area contributed by atoms with Gasteiger partial charge < -0.3 is 20.1 Å². The van der Waals surface area contributed by atoms with Crippen molar-refractivity contribution in [2.75, 3.05) is 25.4 Å². The molecule has 1 unspecified atom stereocenters. The van der Waals surface area contributed by atoms with Crippen molar-refractivity contribution in [2.24, 2.45) is 5.92 Å². The number of carbonyl (C=O) groups excluding carboxylic acids is 1. The number of phenols is 1. The van der Waals surface area contributed by atoms with Gasteiger partial charge in [-0.15, -0.1) is 11.8 Å². The first-order chi connectivity index (χ1) is 18.4. The SMILES string of the molecule is O=C(CCCN1CCCC(C(=O)O)C1)CSc1c(-c2cc(Cl)ccc2O)c2cc(C(F)(F)F)ccc2[nH]c1=O. The summed E-state index contributed by atoms with van der Waals surface area (Å²) in [5, 5.41) is 20.0. The number of rotatable bonds is 9. The molecule has 1 fully saturated rings. The van der Waals surface area contributed by atoms with Gasteiger partial charge >= 0.3 is 12.1 Å². The molecule has 1 saturated heterocycles. The number of aromatic amines is 1. The van der Waals surface area contributed by atoms with Gasteiger partial charge in [0.1, 0.15) is 11.5 Å². The number of piperidine rings is 1. The highest BCUT2D eigenvalue weighted by molar-refractivity contribution is 8.00. The predicted molar refractivity (Wildman–Crippen MR) is 143 cm³/mol. The quantitative estimate of drug-likeness (QED) is 0.273. The zero-order chi connectivity index (χ0) is 28.3. The average molecular weight is 583 g/mol. The van der Waals surface area contributed by atoms with Gasteiger partial charge in [0.15, 0.2) is 0 Å². The number of thioether (sulfide) groups is 1. The fourth-order valence-corrected chi connectivity index (χ4v) is 5.92. The highest BCUT2D eigenvalue weighted by Crippen LogP contribution is 2.42. The molecule has 12 heteroatoms. The number of aromatic hydroxyl groups is 1. The van der Waals surface area contributed by atoms with Crippen LogP contribution >= 0.6 is 23.4 Å². The van der Waals surface area contributed by atoms with Crippen molar-refractivity contribution < 1.29 is 33.0 Å². The number of Topliss-reactive ketones (excluding diaryl/α,β-unsaturated/α-hetero) is 1. The van der Waals surface area contributed by atoms with Gasteiger partial charge in [0.25, 0.3) is 5.56 Å². The molecule has 0 radical (unpaired) electrons. The monoisotopic (exact) mass is 582 g/mol. The van der Waals surface area contributed by atoms with E-state index in [1.165, 1.54) is 18.2 Å². The van der Waals surface area contributed by atoms with Crippen LogP contribution in [0.25, 0.3) is 22.0 Å². The fourth-order valence-electron chi connectivity index (χ4n) is 4.75. The lowest BCUT2D eigenvalue weighted by Gasteiger charge is -2.30. The van der Waals surface area contributed by atoms with E-state index in [1.807, 2.05) is 4.90 Å². The minimum atomic E-state index is -4.64. The third-order valence-corrected chi connectivity index (χ3v) is 8.07. The van der Waals surface area contributed by atoms with E-state index in [2.05, 4.69) is 4.98 Å². The Morgan fingerprint density at radius 1 is 1.18 bits per heavy atom. The first-order valence-corrected chi connectivity index (χ1v) is 13.7. The lowest BCUT2D eigenvalue weighted by Crippen LogP contribution is -2.39. The summed E-state index contributed by atoms with van der Waals surface area (Å²) in [5.41, 5.74) is -1.27. The molecule has 1 aromatic heterocycles. The molecule has 0 saturated carbocycles. The molecule has 0 bridgehead atoms. The summed E-state index contributed by atoms with van der Waals surface area (Å²) < 4.78 is 40.5. The van der Waals surface area contributed by atoms with Crippen LogP contribution < -0.4 is 5.56 Å². The van der Waals surface area contributed by atoms with E-state index in [0.717, 1.165) is 42.9 Å². The van der Waals surface area contributed by atoms with Crippen molar-refractivity contribution in [3.05, 3.63) is 57.3 Å². The number of halogens is 4. The van der Waals surface area contributed by atoms with E-state index in [9.17, 15) is 37.8 Å². The first-order valence-electron chi connectivity index (χ1n) is 12.3. The number of ketones is 1. The Balaban J connectivity index is 1.58. The molecule has 1 aliphatic rings. The summed E-state index contributed by atoms with van der Waals surface area (Å²) in [6.07, 6.45) is -2.52. The number of fused-ring (bicyclic) bond motifs is 1. The number of pyridine rings is 1. The maximum absolute atomic E-state index is 13.5. The van der Waals surface area contributed by atoms with Crippen molar-refractivity contribution in [1.82, 2.24) is 9.88 Å². The van der Waals surface area contributed by atoms with Gasteiger partial charge in [0, 0.05) is 40.0 Å². The Morgan fingerprint density at radius 3 is 2.67 bits per heavy atom. The molecule has 3 aromatic rings. The smallest absolute Gasteiger partial charge is 0.416 e. The predicted octanol–water partition coefficient (Wildman–Crippen LogP) is 5.81. The first kappa shape index (κ1) is 29.0. The molecule has 3 N–H and O–H groups in total. The number of phenolic OH excluding ortho intramolecular Hbond substituents is 1. The highest BCUT2D eigenvalue weighted by atomic mass is 35.5. The topological polar surface area (TPSA) is 111 Å². The van der Waals surface area contributed by atoms with Crippen LogP contribution in [0.5, 0.6) is 5.75 Å². The van der Waals surface area contributed by atoms with Gasteiger partial charge in [-0.3, -0.25) is 14.4 Å². The molecule has 0 spiro atoms. The number of nitrogens with one attached hydrogen (secondary N) is 1. The number of benzene rings is 2. The number of H-pyrrole nitrogens is 1. The van der Waals surface area contributed by atoms with Gasteiger partial charge in [-0.25, -0.2) is 0 Å². The van der Waals surface area contributed by atoms with Crippen LogP contribution in [0.3, 0.4) is 0 Å². The summed E-state index contributed by atoms with van der Waals surface area (Å²) in [5.74, 6) is -1.80. The number of nitrogens with zero attached hydrogens (tertiary/aromatic N) is 1. The minimum absolute atomic E-state index is 0.00642. The molecule has 2 heterocycles. The van der Waals surface area contributed by atoms with Crippen LogP contribution in [0.15, 0.2) is 46.1 Å². The fraction of sp³-hybridized carbons (Fsp3) is 0.370. The molecule has 2 aromatic carbocycles. The van der Waals surface area contributed by atoms with Crippen LogP contribution in [0, 0.1) is 5.92 Å². The summed E-state index contributed by atoms with van der Waals surface area (Å²) in [4.78, 5) is 41.6. The third kappa shape index (κ3) is 6.95. The van der Waals surface area contributed by atoms with E-state index in [4.69, 9.17) is 11.6 Å². The van der Waals surface area contributed by atoms with Gasteiger partial charge in [-0.2, -0.15) is 13.2 Å². The standard InChI is InChI=1S/C27H26ClF3N2O5S/c28-17-6-8-22(35)20(12-17)23-19-11-16(27(29,30)31)5-7-21(19)32-25(36)24(23)39-14-18(34)4-2-10-33-9-1-3-15(13-33)26(37)38/h5-8,11-12,15,35H,1-4,9-10,13-14H2,(H,32,36)(H,37,38). The summed E-state index contributed by atoms with van der Waals surface area (Å²) in [6.45, 7) is 1.78. The van der Waals surface area contributed by atoms with Gasteiger partial charge in [-0.05, 0) is 68.8 Å². The number of carboxylic acids is 1. The van der Waals surface area contributed by atoms with Crippen LogP contribution in [-0.2, 0) is 15.8 Å². The molecule has 4 rings (SSSR count). The molecule has 1 atom stereocenters. The second kappa shape index (κ2) is 12.0. The molecule has 208 valence electrons. The number of aromatic nitrogens is 1. The maximum atomic E-state index is 13.5. The number of alkyl halides is 3. The average Bonchev–Trinajstić information content (AvgIpc) is 2.88. The van der Waals surface area contributed by atoms with Crippen molar-refractivity contribution in [2.45, 2.75) is 36.8 Å². The van der Waals surface area contributed by atoms with Crippen LogP contribution in [-0.4, -0.2) is 57.2 Å². The van der Waals surface area contributed by atoms with Crippen LogP contribution in [0.4, 0.5) is 13.2 Å². The van der Waals surface area contributed by atoms with Gasteiger partial charge in [-0.1, -0.05) is 11.6 Å². The van der Waals surface area contributed by atoms with E-state index in [-0.39, 0.29) is 55.7 Å². The Kier molecular flexibility index (Phi) is 8.93. The molecule has 0 aliphatic carbocycles. The lowest BCUT2D eigenvalue weighted by molar-refractivity contribution is -0.143. The van der Waals surface area contributed by atoms with Gasteiger partial charge in [0.05, 0.1) is 22.1 Å². The molecule has 1 aliphatic heterocycles. The number of aliphatic carboxylic acids is 1. The number of hydrogen-bond donors (Lipinski definition) is 3. The molecule has 0 amide bonds. The normalized spacial score (nSPS) is 16.5. The van der Waals surface area contributed by atoms with Crippen LogP contribution in [0.1, 0.15) is 31.2 Å². The molecular weight excluding hydrogens is 557 g/mol. The van der Waals surface area contributed by atoms with E-state index in [0.29, 0.717) is 25.9 Å². The summed E-state index contributed by atoms with van der Waals surface area (Å²) in [7, 11) is 0. The Hall–Kier alpha value is -3.02. The Bertz CT molecular complexity index is 1460. The highest BCUT2D eigenvalue weighted by Gasteiger charge is 2.31. The third-order valence-electron chi connectivity index (χ3n) is 6.69. The largest absolute Gasteiger partial charge is 0.507 e.